The quantitative estimate of drug-likeness (QED) is 0.870. The number of nitrogens with one attached hydrogen (secondary N) is 1. The van der Waals surface area contributed by atoms with Crippen molar-refractivity contribution in [1.82, 2.24) is 9.97 Å². The summed E-state index contributed by atoms with van der Waals surface area (Å²) >= 11 is 3.60. The maximum atomic E-state index is 5.67. The van der Waals surface area contributed by atoms with E-state index in [9.17, 15) is 0 Å². The molecule has 4 nitrogen and oxygen atoms in total. The van der Waals surface area contributed by atoms with E-state index in [-0.39, 0.29) is 0 Å². The van der Waals surface area contributed by atoms with Crippen LogP contribution in [0.4, 0.5) is 5.82 Å². The second-order valence-corrected chi connectivity index (χ2v) is 5.66. The Balaban J connectivity index is 2.17. The first-order chi connectivity index (χ1) is 9.24. The van der Waals surface area contributed by atoms with E-state index in [1.807, 2.05) is 0 Å². The second-order valence-electron chi connectivity index (χ2n) is 4.87. The average molecular weight is 328 g/mol. The molecule has 0 aromatic carbocycles. The first-order valence-electron chi connectivity index (χ1n) is 7.15. The summed E-state index contributed by atoms with van der Waals surface area (Å²) < 4.78 is 6.67. The zero-order valence-electron chi connectivity index (χ0n) is 11.7. The van der Waals surface area contributed by atoms with Crippen LogP contribution in [0, 0.1) is 0 Å². The van der Waals surface area contributed by atoms with E-state index in [2.05, 4.69) is 45.1 Å². The predicted octanol–water partition coefficient (Wildman–Crippen LogP) is 3.34. The lowest BCUT2D eigenvalue weighted by Crippen LogP contribution is -2.15. The summed E-state index contributed by atoms with van der Waals surface area (Å²) in [7, 11) is 0. The third-order valence-electron chi connectivity index (χ3n) is 3.28. The maximum absolute atomic E-state index is 5.67. The Kier molecular flexibility index (Phi) is 5.58. The molecular weight excluding hydrogens is 306 g/mol. The molecule has 1 saturated heterocycles. The standard InChI is InChI=1S/C14H22BrN3O/c1-3-7-16-14-13(15)11(4-2)17-12(18-14)9-10-6-5-8-19-10/h10H,3-9H2,1-2H3,(H,16,17,18). The summed E-state index contributed by atoms with van der Waals surface area (Å²) in [6, 6.07) is 0. The molecule has 19 heavy (non-hydrogen) atoms. The predicted molar refractivity (Wildman–Crippen MR) is 80.6 cm³/mol. The zero-order chi connectivity index (χ0) is 13.7. The maximum Gasteiger partial charge on any atom is 0.144 e. The highest BCUT2D eigenvalue weighted by molar-refractivity contribution is 9.10. The number of aromatic nitrogens is 2. The minimum atomic E-state index is 0.296. The van der Waals surface area contributed by atoms with Crippen LogP contribution in [-0.2, 0) is 17.6 Å². The summed E-state index contributed by atoms with van der Waals surface area (Å²) in [5.74, 6) is 1.81. The van der Waals surface area contributed by atoms with Crippen molar-refractivity contribution in [3.05, 3.63) is 16.0 Å². The molecule has 0 saturated carbocycles. The summed E-state index contributed by atoms with van der Waals surface area (Å²) in [6.45, 7) is 6.07. The van der Waals surface area contributed by atoms with Gasteiger partial charge in [0.2, 0.25) is 0 Å². The van der Waals surface area contributed by atoms with Crippen molar-refractivity contribution >= 4 is 21.7 Å². The van der Waals surface area contributed by atoms with E-state index in [1.54, 1.807) is 0 Å². The number of ether oxygens (including phenoxy) is 1. The van der Waals surface area contributed by atoms with Gasteiger partial charge in [-0.3, -0.25) is 0 Å². The second kappa shape index (κ2) is 7.20. The molecule has 1 atom stereocenters. The molecule has 1 N–H and O–H groups in total. The van der Waals surface area contributed by atoms with Crippen molar-refractivity contribution in [2.45, 2.75) is 52.1 Å². The largest absolute Gasteiger partial charge is 0.378 e. The Morgan fingerprint density at radius 1 is 1.37 bits per heavy atom. The van der Waals surface area contributed by atoms with E-state index >= 15 is 0 Å². The van der Waals surface area contributed by atoms with Gasteiger partial charge in [0, 0.05) is 19.6 Å². The summed E-state index contributed by atoms with van der Waals surface area (Å²) in [4.78, 5) is 9.28. The van der Waals surface area contributed by atoms with Crippen LogP contribution in [0.3, 0.4) is 0 Å². The van der Waals surface area contributed by atoms with Gasteiger partial charge < -0.3 is 10.1 Å². The van der Waals surface area contributed by atoms with Gasteiger partial charge in [-0.25, -0.2) is 9.97 Å². The van der Waals surface area contributed by atoms with Crippen molar-refractivity contribution in [2.75, 3.05) is 18.5 Å². The third-order valence-corrected chi connectivity index (χ3v) is 4.11. The van der Waals surface area contributed by atoms with Gasteiger partial charge in [0.15, 0.2) is 0 Å². The lowest BCUT2D eigenvalue weighted by atomic mass is 10.1. The van der Waals surface area contributed by atoms with Gasteiger partial charge in [0.25, 0.3) is 0 Å². The van der Waals surface area contributed by atoms with Crippen LogP contribution in [0.2, 0.25) is 0 Å². The highest BCUT2D eigenvalue weighted by atomic mass is 79.9. The lowest BCUT2D eigenvalue weighted by molar-refractivity contribution is 0.110. The summed E-state index contributed by atoms with van der Waals surface area (Å²) in [6.07, 6.45) is 5.38. The molecule has 1 aliphatic rings. The summed E-state index contributed by atoms with van der Waals surface area (Å²) in [5, 5.41) is 3.36. The average Bonchev–Trinajstić information content (AvgIpc) is 2.91. The SMILES string of the molecule is CCCNc1nc(CC2CCCO2)nc(CC)c1Br. The Bertz CT molecular complexity index is 419. The number of halogens is 1. The van der Waals surface area contributed by atoms with Crippen LogP contribution in [-0.4, -0.2) is 29.2 Å². The fraction of sp³-hybridized carbons (Fsp3) is 0.714. The lowest BCUT2D eigenvalue weighted by Gasteiger charge is -2.14. The van der Waals surface area contributed by atoms with Crippen LogP contribution < -0.4 is 5.32 Å². The normalized spacial score (nSPS) is 18.8. The van der Waals surface area contributed by atoms with Crippen molar-refractivity contribution in [3.63, 3.8) is 0 Å². The van der Waals surface area contributed by atoms with Crippen LogP contribution in [0.15, 0.2) is 4.47 Å². The number of hydrogen-bond acceptors (Lipinski definition) is 4. The minimum absolute atomic E-state index is 0.296. The highest BCUT2D eigenvalue weighted by Gasteiger charge is 2.19. The van der Waals surface area contributed by atoms with Gasteiger partial charge in [-0.1, -0.05) is 13.8 Å². The molecule has 2 rings (SSSR count). The van der Waals surface area contributed by atoms with Gasteiger partial charge in [-0.2, -0.15) is 0 Å². The van der Waals surface area contributed by atoms with Gasteiger partial charge in [0.1, 0.15) is 11.6 Å². The topological polar surface area (TPSA) is 47.0 Å². The Labute approximate surface area is 123 Å². The fourth-order valence-corrected chi connectivity index (χ4v) is 2.84. The summed E-state index contributed by atoms with van der Waals surface area (Å²) in [5.41, 5.74) is 1.07. The monoisotopic (exact) mass is 327 g/mol. The number of nitrogens with zero attached hydrogens (tertiary/aromatic N) is 2. The smallest absolute Gasteiger partial charge is 0.144 e. The molecule has 1 unspecified atom stereocenters. The molecule has 1 aromatic rings. The molecule has 0 spiro atoms. The molecule has 5 heteroatoms. The Hall–Kier alpha value is -0.680. The van der Waals surface area contributed by atoms with E-state index in [0.29, 0.717) is 6.10 Å². The molecule has 1 aromatic heterocycles. The van der Waals surface area contributed by atoms with E-state index in [1.165, 1.54) is 0 Å². The third kappa shape index (κ3) is 3.89. The number of aryl methyl sites for hydroxylation is 1. The highest BCUT2D eigenvalue weighted by Crippen LogP contribution is 2.25. The molecule has 0 aliphatic carbocycles. The van der Waals surface area contributed by atoms with Crippen LogP contribution in [0.25, 0.3) is 0 Å². The van der Waals surface area contributed by atoms with E-state index < -0.39 is 0 Å². The minimum Gasteiger partial charge on any atom is -0.378 e. The van der Waals surface area contributed by atoms with Crippen LogP contribution >= 0.6 is 15.9 Å². The Morgan fingerprint density at radius 2 is 2.21 bits per heavy atom. The molecule has 0 radical (unpaired) electrons. The number of rotatable bonds is 6. The van der Waals surface area contributed by atoms with Crippen molar-refractivity contribution in [2.24, 2.45) is 0 Å². The fourth-order valence-electron chi connectivity index (χ4n) is 2.24. The molecule has 1 aliphatic heterocycles. The van der Waals surface area contributed by atoms with E-state index in [4.69, 9.17) is 4.74 Å². The first kappa shape index (κ1) is 14.7. The molecule has 106 valence electrons. The first-order valence-corrected chi connectivity index (χ1v) is 7.94. The van der Waals surface area contributed by atoms with Crippen molar-refractivity contribution in [3.8, 4) is 0 Å². The van der Waals surface area contributed by atoms with Crippen molar-refractivity contribution < 1.29 is 4.74 Å². The van der Waals surface area contributed by atoms with Gasteiger partial charge >= 0.3 is 0 Å². The zero-order valence-corrected chi connectivity index (χ0v) is 13.3. The molecular formula is C14H22BrN3O. The van der Waals surface area contributed by atoms with E-state index in [0.717, 1.165) is 67.1 Å². The molecule has 2 heterocycles. The van der Waals surface area contributed by atoms with Gasteiger partial charge in [0.05, 0.1) is 16.3 Å². The van der Waals surface area contributed by atoms with Gasteiger partial charge in [-0.15, -0.1) is 0 Å². The van der Waals surface area contributed by atoms with Crippen LogP contribution in [0.5, 0.6) is 0 Å². The number of anilines is 1. The number of hydrogen-bond donors (Lipinski definition) is 1. The van der Waals surface area contributed by atoms with Crippen LogP contribution in [0.1, 0.15) is 44.6 Å². The molecule has 0 amide bonds. The molecule has 1 fully saturated rings. The van der Waals surface area contributed by atoms with Crippen molar-refractivity contribution in [1.29, 1.82) is 0 Å². The van der Waals surface area contributed by atoms with Gasteiger partial charge in [-0.05, 0) is 41.6 Å². The Morgan fingerprint density at radius 3 is 2.84 bits per heavy atom. The molecule has 0 bridgehead atoms.